The van der Waals surface area contributed by atoms with Crippen molar-refractivity contribution in [2.45, 2.75) is 39.9 Å². The molecule has 0 radical (unpaired) electrons. The smallest absolute Gasteiger partial charge is 0.369 e. The van der Waals surface area contributed by atoms with Crippen LogP contribution in [0.2, 0.25) is 0 Å². The van der Waals surface area contributed by atoms with Gasteiger partial charge in [0.25, 0.3) is 0 Å². The summed E-state index contributed by atoms with van der Waals surface area (Å²) in [6.45, 7) is 6.90. The van der Waals surface area contributed by atoms with Crippen LogP contribution < -0.4 is 9.47 Å². The number of benzene rings is 2. The van der Waals surface area contributed by atoms with Gasteiger partial charge in [-0.25, -0.2) is 4.79 Å². The van der Waals surface area contributed by atoms with Crippen molar-refractivity contribution in [3.63, 3.8) is 0 Å². The lowest BCUT2D eigenvalue weighted by molar-refractivity contribution is -0.129. The molecule has 2 aromatic rings. The highest BCUT2D eigenvalue weighted by Crippen LogP contribution is 2.58. The lowest BCUT2D eigenvalue weighted by Crippen LogP contribution is -2.17. The molecule has 0 saturated heterocycles. The largest absolute Gasteiger partial charge is 0.497 e. The van der Waals surface area contributed by atoms with E-state index in [0.717, 1.165) is 0 Å². The van der Waals surface area contributed by atoms with E-state index in [-0.39, 0.29) is 5.31 Å². The first-order chi connectivity index (χ1) is 13.7. The van der Waals surface area contributed by atoms with Gasteiger partial charge in [0.2, 0.25) is 0 Å². The van der Waals surface area contributed by atoms with Crippen LogP contribution in [0.15, 0.2) is 59.9 Å². The summed E-state index contributed by atoms with van der Waals surface area (Å²) in [6.07, 6.45) is 0.614. The summed E-state index contributed by atoms with van der Waals surface area (Å²) in [6, 6.07) is 15.5. The highest BCUT2D eigenvalue weighted by Gasteiger charge is 2.39. The first-order valence-corrected chi connectivity index (χ1v) is 10.9. The zero-order chi connectivity index (χ0) is 21.4. The lowest BCUT2D eigenvalue weighted by Gasteiger charge is -2.24. The summed E-state index contributed by atoms with van der Waals surface area (Å²) in [5, 5.41) is -0.172. The Bertz CT molecular complexity index is 858. The zero-order valence-electron chi connectivity index (χ0n) is 17.3. The number of hydrogen-bond donors (Lipinski definition) is 0. The molecule has 0 N–H and O–H groups in total. The molecule has 29 heavy (non-hydrogen) atoms. The Labute approximate surface area is 172 Å². The van der Waals surface area contributed by atoms with Crippen molar-refractivity contribution in [2.75, 3.05) is 7.11 Å². The van der Waals surface area contributed by atoms with Crippen LogP contribution in [0.3, 0.4) is 0 Å². The van der Waals surface area contributed by atoms with Gasteiger partial charge in [0, 0.05) is 0 Å². The fraction of sp³-hybridized carbons (Fsp3) is 0.318. The normalized spacial score (nSPS) is 12.3. The van der Waals surface area contributed by atoms with Crippen LogP contribution in [-0.4, -0.2) is 25.3 Å². The molecule has 0 atom stereocenters. The van der Waals surface area contributed by atoms with Gasteiger partial charge >= 0.3 is 13.6 Å². The molecular weight excluding hydrogens is 391 g/mol. The Morgan fingerprint density at radius 3 is 1.90 bits per heavy atom. The summed E-state index contributed by atoms with van der Waals surface area (Å²) in [5.74, 6) is 0.200. The van der Waals surface area contributed by atoms with Crippen LogP contribution in [-0.2, 0) is 18.4 Å². The number of rotatable bonds is 9. The van der Waals surface area contributed by atoms with Gasteiger partial charge in [-0.2, -0.15) is 0 Å². The standard InChI is InChI=1S/C22H27O6P/c1-16(2)27-29(24,28-17(3)4)21(15-18-11-13-19(25-5)14-12-18)22(23)26-20-9-7-6-8-10-20/h6-17H,1-5H3/b21-15+. The topological polar surface area (TPSA) is 71.1 Å². The van der Waals surface area contributed by atoms with Crippen LogP contribution >= 0.6 is 7.60 Å². The maximum absolute atomic E-state index is 13.7. The predicted molar refractivity (Wildman–Crippen MR) is 113 cm³/mol. The summed E-state index contributed by atoms with van der Waals surface area (Å²) in [5.41, 5.74) is 0.630. The highest BCUT2D eigenvalue weighted by atomic mass is 31.2. The van der Waals surface area contributed by atoms with Crippen LogP contribution in [0.5, 0.6) is 11.5 Å². The lowest BCUT2D eigenvalue weighted by atomic mass is 10.2. The van der Waals surface area contributed by atoms with Crippen LogP contribution in [0.25, 0.3) is 6.08 Å². The number of carbonyl (C=O) groups excluding carboxylic acids is 1. The van der Waals surface area contributed by atoms with Crippen molar-refractivity contribution in [1.82, 2.24) is 0 Å². The molecule has 2 aromatic carbocycles. The Kier molecular flexibility index (Phi) is 8.21. The molecule has 0 bridgehead atoms. The predicted octanol–water partition coefficient (Wildman–Crippen LogP) is 5.68. The van der Waals surface area contributed by atoms with E-state index in [2.05, 4.69) is 0 Å². The van der Waals surface area contributed by atoms with Crippen LogP contribution in [0.1, 0.15) is 33.3 Å². The first-order valence-electron chi connectivity index (χ1n) is 9.34. The third-order valence-electron chi connectivity index (χ3n) is 3.58. The second-order valence-electron chi connectivity index (χ2n) is 6.81. The third-order valence-corrected chi connectivity index (χ3v) is 5.88. The molecule has 0 spiro atoms. The van der Waals surface area contributed by atoms with Crippen molar-refractivity contribution in [1.29, 1.82) is 0 Å². The molecule has 0 unspecified atom stereocenters. The van der Waals surface area contributed by atoms with E-state index >= 15 is 0 Å². The first kappa shape index (κ1) is 22.9. The van der Waals surface area contributed by atoms with Gasteiger partial charge in [-0.1, -0.05) is 30.3 Å². The van der Waals surface area contributed by atoms with Crippen LogP contribution in [0.4, 0.5) is 0 Å². The van der Waals surface area contributed by atoms with E-state index in [0.29, 0.717) is 17.1 Å². The van der Waals surface area contributed by atoms with E-state index in [1.165, 1.54) is 6.08 Å². The minimum atomic E-state index is -3.96. The van der Waals surface area contributed by atoms with E-state index in [1.54, 1.807) is 89.4 Å². The zero-order valence-corrected chi connectivity index (χ0v) is 18.2. The van der Waals surface area contributed by atoms with Crippen molar-refractivity contribution in [3.8, 4) is 11.5 Å². The Morgan fingerprint density at radius 2 is 1.41 bits per heavy atom. The average Bonchev–Trinajstić information content (AvgIpc) is 2.65. The van der Waals surface area contributed by atoms with Crippen molar-refractivity contribution in [3.05, 3.63) is 65.5 Å². The Balaban J connectivity index is 2.50. The van der Waals surface area contributed by atoms with Gasteiger partial charge in [0.05, 0.1) is 19.3 Å². The summed E-state index contributed by atoms with van der Waals surface area (Å²) < 4.78 is 35.5. The molecule has 6 nitrogen and oxygen atoms in total. The SMILES string of the molecule is COc1ccc(/C=C(\C(=O)Oc2ccccc2)P(=O)(OC(C)C)OC(C)C)cc1. The van der Waals surface area contributed by atoms with E-state index < -0.39 is 25.8 Å². The van der Waals surface area contributed by atoms with Crippen molar-refractivity contribution < 1.29 is 27.9 Å². The van der Waals surface area contributed by atoms with E-state index in [4.69, 9.17) is 18.5 Å². The molecule has 0 amide bonds. The molecular formula is C22H27O6P. The van der Waals surface area contributed by atoms with E-state index in [1.807, 2.05) is 0 Å². The molecule has 0 fully saturated rings. The number of ether oxygens (including phenoxy) is 2. The number of esters is 1. The Hall–Kier alpha value is -2.40. The fourth-order valence-corrected chi connectivity index (χ4v) is 4.41. The highest BCUT2D eigenvalue weighted by molar-refractivity contribution is 7.60. The number of hydrogen-bond acceptors (Lipinski definition) is 6. The maximum atomic E-state index is 13.7. The van der Waals surface area contributed by atoms with Gasteiger partial charge in [-0.3, -0.25) is 4.57 Å². The number of methoxy groups -OCH3 is 1. The summed E-state index contributed by atoms with van der Waals surface area (Å²) in [4.78, 5) is 13.0. The van der Waals surface area contributed by atoms with Crippen LogP contribution in [0, 0.1) is 0 Å². The van der Waals surface area contributed by atoms with Gasteiger partial charge in [-0.15, -0.1) is 0 Å². The monoisotopic (exact) mass is 418 g/mol. The fourth-order valence-electron chi connectivity index (χ4n) is 2.45. The van der Waals surface area contributed by atoms with Gasteiger partial charge in [0.1, 0.15) is 16.8 Å². The molecule has 156 valence electrons. The Morgan fingerprint density at radius 1 is 0.862 bits per heavy atom. The van der Waals surface area contributed by atoms with Gasteiger partial charge in [-0.05, 0) is 63.6 Å². The molecule has 0 saturated carbocycles. The maximum Gasteiger partial charge on any atom is 0.369 e. The van der Waals surface area contributed by atoms with Crippen molar-refractivity contribution in [2.24, 2.45) is 0 Å². The molecule has 0 aliphatic rings. The van der Waals surface area contributed by atoms with Crippen molar-refractivity contribution >= 4 is 19.6 Å². The molecule has 0 aliphatic heterocycles. The summed E-state index contributed by atoms with van der Waals surface area (Å²) >= 11 is 0. The molecule has 2 rings (SSSR count). The quantitative estimate of drug-likeness (QED) is 0.226. The molecule has 0 aromatic heterocycles. The number of para-hydroxylation sites is 1. The molecule has 0 heterocycles. The second kappa shape index (κ2) is 10.4. The minimum absolute atomic E-state index is 0.172. The van der Waals surface area contributed by atoms with E-state index in [9.17, 15) is 9.36 Å². The van der Waals surface area contributed by atoms with Gasteiger partial charge < -0.3 is 18.5 Å². The molecule has 7 heteroatoms. The average molecular weight is 418 g/mol. The number of carbonyl (C=O) groups is 1. The van der Waals surface area contributed by atoms with Gasteiger partial charge in [0.15, 0.2) is 0 Å². The second-order valence-corrected chi connectivity index (χ2v) is 8.71. The summed E-state index contributed by atoms with van der Waals surface area (Å²) in [7, 11) is -2.40. The molecule has 0 aliphatic carbocycles. The third kappa shape index (κ3) is 6.86. The minimum Gasteiger partial charge on any atom is -0.497 e.